The van der Waals surface area contributed by atoms with Gasteiger partial charge in [-0.1, -0.05) is 51.9 Å². The molecule has 0 heterocycles. The molecular weight excluding hydrogens is 276 g/mol. The zero-order valence-corrected chi connectivity index (χ0v) is 13.6. The zero-order valence-electron chi connectivity index (χ0n) is 13.6. The van der Waals surface area contributed by atoms with Gasteiger partial charge in [-0.25, -0.2) is 0 Å². The van der Waals surface area contributed by atoms with E-state index in [1.165, 1.54) is 44.9 Å². The zero-order chi connectivity index (χ0) is 16.0. The smallest absolute Gasteiger partial charge is 0.211 e. The second kappa shape index (κ2) is 11.8. The van der Waals surface area contributed by atoms with Crippen molar-refractivity contribution in [2.45, 2.75) is 64.7 Å². The summed E-state index contributed by atoms with van der Waals surface area (Å²) in [6.45, 7) is 2.23. The van der Waals surface area contributed by atoms with Gasteiger partial charge in [-0.3, -0.25) is 9.59 Å². The van der Waals surface area contributed by atoms with Crippen LogP contribution in [0.5, 0.6) is 0 Å². The van der Waals surface area contributed by atoms with E-state index in [0.29, 0.717) is 12.8 Å². The van der Waals surface area contributed by atoms with E-state index in [1.54, 1.807) is 6.07 Å². The van der Waals surface area contributed by atoms with Gasteiger partial charge in [0.2, 0.25) is 12.8 Å². The summed E-state index contributed by atoms with van der Waals surface area (Å²) >= 11 is 0. The predicted molar refractivity (Wildman–Crippen MR) is 92.1 cm³/mol. The fourth-order valence-electron chi connectivity index (χ4n) is 2.61. The number of hydrogen-bond acceptors (Lipinski definition) is 2. The molecule has 0 aromatic heterocycles. The Bertz CT molecular complexity index is 447. The summed E-state index contributed by atoms with van der Waals surface area (Å²) in [6, 6.07) is 5.55. The van der Waals surface area contributed by atoms with Gasteiger partial charge in [0.25, 0.3) is 0 Å². The summed E-state index contributed by atoms with van der Waals surface area (Å²) in [5.41, 5.74) is 2.67. The van der Waals surface area contributed by atoms with Crippen LogP contribution in [0.15, 0.2) is 18.2 Å². The van der Waals surface area contributed by atoms with Crippen molar-refractivity contribution >= 4 is 24.2 Å². The van der Waals surface area contributed by atoms with Gasteiger partial charge in [0.15, 0.2) is 0 Å². The molecule has 2 N–H and O–H groups in total. The first-order valence-electron chi connectivity index (χ1n) is 8.35. The van der Waals surface area contributed by atoms with Gasteiger partial charge >= 0.3 is 0 Å². The fraction of sp³-hybridized carbons (Fsp3) is 0.556. The first-order valence-corrected chi connectivity index (χ1v) is 8.35. The van der Waals surface area contributed by atoms with Gasteiger partial charge in [-0.05, 0) is 36.6 Å². The molecule has 1 aromatic carbocycles. The molecule has 0 unspecified atom stereocenters. The molecule has 0 aliphatic carbocycles. The summed E-state index contributed by atoms with van der Waals surface area (Å²) in [6.07, 6.45) is 12.5. The molecule has 1 aromatic rings. The molecule has 4 nitrogen and oxygen atoms in total. The number of rotatable bonds is 13. The molecule has 0 radical (unpaired) electrons. The molecule has 22 heavy (non-hydrogen) atoms. The Balaban J connectivity index is 2.37. The van der Waals surface area contributed by atoms with Crippen LogP contribution in [-0.4, -0.2) is 12.8 Å². The highest BCUT2D eigenvalue weighted by Gasteiger charge is 2.04. The monoisotopic (exact) mass is 304 g/mol. The van der Waals surface area contributed by atoms with E-state index in [1.807, 2.05) is 12.1 Å². The molecule has 0 atom stereocenters. The Hall–Kier alpha value is -1.84. The van der Waals surface area contributed by atoms with Crippen molar-refractivity contribution in [2.75, 3.05) is 10.6 Å². The van der Waals surface area contributed by atoms with Crippen molar-refractivity contribution in [1.29, 1.82) is 0 Å². The molecule has 0 aliphatic heterocycles. The van der Waals surface area contributed by atoms with E-state index < -0.39 is 0 Å². The van der Waals surface area contributed by atoms with E-state index in [0.717, 1.165) is 29.8 Å². The molecule has 0 saturated heterocycles. The quantitative estimate of drug-likeness (QED) is 0.416. The number of aryl methyl sites for hydroxylation is 1. The maximum Gasteiger partial charge on any atom is 0.211 e. The van der Waals surface area contributed by atoms with E-state index in [4.69, 9.17) is 0 Å². The molecule has 1 rings (SSSR count). The summed E-state index contributed by atoms with van der Waals surface area (Å²) in [4.78, 5) is 21.2. The largest absolute Gasteiger partial charge is 0.329 e. The van der Waals surface area contributed by atoms with Crippen molar-refractivity contribution in [3.8, 4) is 0 Å². The third kappa shape index (κ3) is 7.25. The molecular formula is C18H28N2O2. The standard InChI is InChI=1S/C18H28N2O2/c1-2-3-4-5-6-7-8-9-10-16-13-17(19-14-21)11-12-18(16)20-15-22/h11-15H,2-10H2,1H3,(H,19,21)(H,20,22). The number of anilines is 2. The molecule has 122 valence electrons. The van der Waals surface area contributed by atoms with Gasteiger partial charge < -0.3 is 10.6 Å². The van der Waals surface area contributed by atoms with Crippen LogP contribution in [0.2, 0.25) is 0 Å². The number of benzene rings is 1. The molecule has 0 bridgehead atoms. The van der Waals surface area contributed by atoms with E-state index >= 15 is 0 Å². The fourth-order valence-corrected chi connectivity index (χ4v) is 2.61. The van der Waals surface area contributed by atoms with Crippen LogP contribution in [0.1, 0.15) is 63.9 Å². The van der Waals surface area contributed by atoms with Gasteiger partial charge in [-0.2, -0.15) is 0 Å². The lowest BCUT2D eigenvalue weighted by Gasteiger charge is -2.10. The van der Waals surface area contributed by atoms with Gasteiger partial charge in [-0.15, -0.1) is 0 Å². The third-order valence-electron chi connectivity index (χ3n) is 3.84. The van der Waals surface area contributed by atoms with Crippen LogP contribution < -0.4 is 10.6 Å². The lowest BCUT2D eigenvalue weighted by atomic mass is 10.0. The number of carbonyl (C=O) groups is 2. The van der Waals surface area contributed by atoms with Crippen LogP contribution in [0.25, 0.3) is 0 Å². The summed E-state index contributed by atoms with van der Waals surface area (Å²) < 4.78 is 0. The summed E-state index contributed by atoms with van der Waals surface area (Å²) in [7, 11) is 0. The second-order valence-corrected chi connectivity index (χ2v) is 5.62. The molecule has 0 saturated carbocycles. The highest BCUT2D eigenvalue weighted by atomic mass is 16.1. The molecule has 0 fully saturated rings. The predicted octanol–water partition coefficient (Wildman–Crippen LogP) is 4.51. The van der Waals surface area contributed by atoms with Gasteiger partial charge in [0, 0.05) is 11.4 Å². The van der Waals surface area contributed by atoms with Crippen molar-refractivity contribution in [3.05, 3.63) is 23.8 Å². The second-order valence-electron chi connectivity index (χ2n) is 5.62. The molecule has 0 spiro atoms. The minimum Gasteiger partial charge on any atom is -0.329 e. The molecule has 0 aliphatic rings. The van der Waals surface area contributed by atoms with Crippen molar-refractivity contribution in [1.82, 2.24) is 0 Å². The van der Waals surface area contributed by atoms with Crippen LogP contribution in [0.3, 0.4) is 0 Å². The Labute approximate surface area is 133 Å². The number of amides is 2. The highest BCUT2D eigenvalue weighted by molar-refractivity contribution is 5.78. The van der Waals surface area contributed by atoms with Crippen LogP contribution >= 0.6 is 0 Å². The topological polar surface area (TPSA) is 58.2 Å². The highest BCUT2D eigenvalue weighted by Crippen LogP contribution is 2.22. The molecule has 4 heteroatoms. The number of carbonyl (C=O) groups excluding carboxylic acids is 2. The normalized spacial score (nSPS) is 10.2. The maximum atomic E-state index is 10.7. The average molecular weight is 304 g/mol. The SMILES string of the molecule is CCCCCCCCCCc1cc(NC=O)ccc1NC=O. The Morgan fingerprint density at radius 2 is 1.50 bits per heavy atom. The van der Waals surface area contributed by atoms with Gasteiger partial charge in [0.05, 0.1) is 0 Å². The minimum absolute atomic E-state index is 0.669. The summed E-state index contributed by atoms with van der Waals surface area (Å²) in [5.74, 6) is 0. The third-order valence-corrected chi connectivity index (χ3v) is 3.84. The number of unbranched alkanes of at least 4 members (excludes halogenated alkanes) is 7. The first-order chi connectivity index (χ1) is 10.8. The van der Waals surface area contributed by atoms with Crippen molar-refractivity contribution < 1.29 is 9.59 Å². The van der Waals surface area contributed by atoms with Crippen LogP contribution in [0.4, 0.5) is 11.4 Å². The Kier molecular flexibility index (Phi) is 9.75. The van der Waals surface area contributed by atoms with E-state index in [-0.39, 0.29) is 0 Å². The first kappa shape index (κ1) is 18.2. The van der Waals surface area contributed by atoms with Gasteiger partial charge in [0.1, 0.15) is 0 Å². The maximum absolute atomic E-state index is 10.7. The minimum atomic E-state index is 0.669. The van der Waals surface area contributed by atoms with Crippen molar-refractivity contribution in [2.24, 2.45) is 0 Å². The molecule has 2 amide bonds. The van der Waals surface area contributed by atoms with Crippen LogP contribution in [-0.2, 0) is 16.0 Å². The number of nitrogens with one attached hydrogen (secondary N) is 2. The van der Waals surface area contributed by atoms with Crippen LogP contribution in [0, 0.1) is 0 Å². The van der Waals surface area contributed by atoms with E-state index in [2.05, 4.69) is 17.6 Å². The van der Waals surface area contributed by atoms with Crippen molar-refractivity contribution in [3.63, 3.8) is 0 Å². The lowest BCUT2D eigenvalue weighted by molar-refractivity contribution is -0.106. The number of hydrogen-bond donors (Lipinski definition) is 2. The Morgan fingerprint density at radius 3 is 2.14 bits per heavy atom. The van der Waals surface area contributed by atoms with E-state index in [9.17, 15) is 9.59 Å². The Morgan fingerprint density at radius 1 is 0.864 bits per heavy atom. The average Bonchev–Trinajstić information content (AvgIpc) is 2.52. The lowest BCUT2D eigenvalue weighted by Crippen LogP contribution is -2.01. The summed E-state index contributed by atoms with van der Waals surface area (Å²) in [5, 5.41) is 5.37.